The number of hydrogen-bond acceptors (Lipinski definition) is 3. The Hall–Kier alpha value is -0.0800. The molecule has 0 aromatic carbocycles. The Kier molecular flexibility index (Phi) is 12.1. The molecule has 0 aromatic heterocycles. The SMILES string of the molecule is CCNC(=NCCCN1CCCCC1C)NC1CCN(C(C)C)CC1.I. The predicted molar refractivity (Wildman–Crippen MR) is 124 cm³/mol. The maximum Gasteiger partial charge on any atom is 0.191 e. The van der Waals surface area contributed by atoms with Crippen molar-refractivity contribution in [1.29, 1.82) is 0 Å². The molecule has 2 aliphatic heterocycles. The van der Waals surface area contributed by atoms with Crippen LogP contribution >= 0.6 is 24.0 Å². The Morgan fingerprint density at radius 1 is 1.12 bits per heavy atom. The molecule has 2 heterocycles. The summed E-state index contributed by atoms with van der Waals surface area (Å²) in [5.41, 5.74) is 0. The van der Waals surface area contributed by atoms with E-state index >= 15 is 0 Å². The first-order valence-electron chi connectivity index (χ1n) is 10.6. The molecule has 0 saturated carbocycles. The summed E-state index contributed by atoms with van der Waals surface area (Å²) >= 11 is 0. The van der Waals surface area contributed by atoms with E-state index in [1.807, 2.05) is 0 Å². The number of rotatable bonds is 7. The molecule has 0 aromatic rings. The first-order chi connectivity index (χ1) is 12.1. The fourth-order valence-electron chi connectivity index (χ4n) is 4.03. The average Bonchev–Trinajstić information content (AvgIpc) is 2.60. The smallest absolute Gasteiger partial charge is 0.191 e. The van der Waals surface area contributed by atoms with Crippen LogP contribution < -0.4 is 10.6 Å². The highest BCUT2D eigenvalue weighted by atomic mass is 127. The third-order valence-electron chi connectivity index (χ3n) is 5.76. The molecule has 154 valence electrons. The normalized spacial score (nSPS) is 23.7. The molecular formula is C20H42IN5. The number of aliphatic imine (C=N–C) groups is 1. The molecule has 0 bridgehead atoms. The molecule has 5 nitrogen and oxygen atoms in total. The van der Waals surface area contributed by atoms with E-state index in [2.05, 4.69) is 48.1 Å². The minimum absolute atomic E-state index is 0. The van der Waals surface area contributed by atoms with Gasteiger partial charge in [0.25, 0.3) is 0 Å². The fraction of sp³-hybridized carbons (Fsp3) is 0.950. The highest BCUT2D eigenvalue weighted by Gasteiger charge is 2.21. The molecule has 0 aliphatic carbocycles. The van der Waals surface area contributed by atoms with Gasteiger partial charge in [0.15, 0.2) is 5.96 Å². The van der Waals surface area contributed by atoms with Gasteiger partial charge in [-0.3, -0.25) is 4.99 Å². The highest BCUT2D eigenvalue weighted by molar-refractivity contribution is 14.0. The van der Waals surface area contributed by atoms with Crippen LogP contribution in [0.2, 0.25) is 0 Å². The Labute approximate surface area is 178 Å². The van der Waals surface area contributed by atoms with Crippen molar-refractivity contribution >= 4 is 29.9 Å². The van der Waals surface area contributed by atoms with Gasteiger partial charge in [-0.05, 0) is 66.3 Å². The van der Waals surface area contributed by atoms with Crippen molar-refractivity contribution in [3.8, 4) is 0 Å². The summed E-state index contributed by atoms with van der Waals surface area (Å²) < 4.78 is 0. The molecule has 6 heteroatoms. The lowest BCUT2D eigenvalue weighted by Gasteiger charge is -2.35. The van der Waals surface area contributed by atoms with Gasteiger partial charge in [0, 0.05) is 50.8 Å². The second-order valence-electron chi connectivity index (χ2n) is 8.04. The lowest BCUT2D eigenvalue weighted by Crippen LogP contribution is -2.49. The number of nitrogens with zero attached hydrogens (tertiary/aromatic N) is 3. The number of guanidine groups is 1. The van der Waals surface area contributed by atoms with Crippen molar-refractivity contribution in [2.45, 2.75) is 84.3 Å². The van der Waals surface area contributed by atoms with Gasteiger partial charge in [0.05, 0.1) is 0 Å². The van der Waals surface area contributed by atoms with Crippen LogP contribution in [-0.2, 0) is 0 Å². The van der Waals surface area contributed by atoms with E-state index in [-0.39, 0.29) is 24.0 Å². The third-order valence-corrected chi connectivity index (χ3v) is 5.76. The Bertz CT molecular complexity index is 394. The van der Waals surface area contributed by atoms with Crippen molar-refractivity contribution in [3.05, 3.63) is 0 Å². The van der Waals surface area contributed by atoms with E-state index in [0.717, 1.165) is 31.5 Å². The van der Waals surface area contributed by atoms with Gasteiger partial charge in [0.2, 0.25) is 0 Å². The van der Waals surface area contributed by atoms with E-state index in [0.29, 0.717) is 12.1 Å². The lowest BCUT2D eigenvalue weighted by atomic mass is 10.0. The number of nitrogens with one attached hydrogen (secondary N) is 2. The summed E-state index contributed by atoms with van der Waals surface area (Å²) in [6.45, 7) is 15.8. The van der Waals surface area contributed by atoms with Gasteiger partial charge >= 0.3 is 0 Å². The number of likely N-dealkylation sites (tertiary alicyclic amines) is 2. The zero-order chi connectivity index (χ0) is 18.1. The van der Waals surface area contributed by atoms with Gasteiger partial charge in [-0.15, -0.1) is 24.0 Å². The summed E-state index contributed by atoms with van der Waals surface area (Å²) in [5, 5.41) is 7.08. The molecule has 2 saturated heterocycles. The van der Waals surface area contributed by atoms with E-state index in [4.69, 9.17) is 4.99 Å². The predicted octanol–water partition coefficient (Wildman–Crippen LogP) is 3.30. The minimum atomic E-state index is 0. The number of piperidine rings is 2. The molecule has 0 amide bonds. The fourth-order valence-corrected chi connectivity index (χ4v) is 4.03. The highest BCUT2D eigenvalue weighted by Crippen LogP contribution is 2.16. The molecule has 2 rings (SSSR count). The first kappa shape index (κ1) is 24.0. The van der Waals surface area contributed by atoms with Crippen LogP contribution in [0.5, 0.6) is 0 Å². The molecule has 2 N–H and O–H groups in total. The quantitative estimate of drug-likeness (QED) is 0.255. The van der Waals surface area contributed by atoms with E-state index in [1.165, 1.54) is 58.3 Å². The zero-order valence-electron chi connectivity index (χ0n) is 17.5. The standard InChI is InChI=1S/C20H41N5.HI/c1-5-21-20(23-19-10-15-24(16-11-19)17(2)3)22-12-8-14-25-13-7-6-9-18(25)4;/h17-19H,5-16H2,1-4H3,(H2,21,22,23);1H. The lowest BCUT2D eigenvalue weighted by molar-refractivity contribution is 0.160. The minimum Gasteiger partial charge on any atom is -0.357 e. The van der Waals surface area contributed by atoms with Crippen molar-refractivity contribution in [1.82, 2.24) is 20.4 Å². The van der Waals surface area contributed by atoms with Crippen LogP contribution in [0.25, 0.3) is 0 Å². The summed E-state index contributed by atoms with van der Waals surface area (Å²) in [6, 6.07) is 1.99. The Morgan fingerprint density at radius 3 is 2.46 bits per heavy atom. The van der Waals surface area contributed by atoms with Crippen molar-refractivity contribution in [2.24, 2.45) is 4.99 Å². The number of hydrogen-bond donors (Lipinski definition) is 2. The number of halogens is 1. The Balaban J connectivity index is 0.00000338. The molecule has 26 heavy (non-hydrogen) atoms. The van der Waals surface area contributed by atoms with Crippen LogP contribution in [0.4, 0.5) is 0 Å². The molecule has 2 fully saturated rings. The van der Waals surface area contributed by atoms with Crippen LogP contribution in [0.15, 0.2) is 4.99 Å². The van der Waals surface area contributed by atoms with E-state index in [1.54, 1.807) is 0 Å². The third kappa shape index (κ3) is 8.30. The topological polar surface area (TPSA) is 42.9 Å². The molecule has 0 radical (unpaired) electrons. The second-order valence-corrected chi connectivity index (χ2v) is 8.04. The summed E-state index contributed by atoms with van der Waals surface area (Å²) in [7, 11) is 0. The molecule has 2 aliphatic rings. The molecule has 1 atom stereocenters. The van der Waals surface area contributed by atoms with Gasteiger partial charge in [-0.1, -0.05) is 6.42 Å². The van der Waals surface area contributed by atoms with Crippen LogP contribution in [-0.4, -0.2) is 73.2 Å². The van der Waals surface area contributed by atoms with Gasteiger partial charge < -0.3 is 20.4 Å². The zero-order valence-corrected chi connectivity index (χ0v) is 19.8. The molecule has 0 spiro atoms. The van der Waals surface area contributed by atoms with Gasteiger partial charge in [0.1, 0.15) is 0 Å². The van der Waals surface area contributed by atoms with E-state index < -0.39 is 0 Å². The second kappa shape index (κ2) is 13.2. The summed E-state index contributed by atoms with van der Waals surface area (Å²) in [5.74, 6) is 1.01. The molecular weight excluding hydrogens is 437 g/mol. The Morgan fingerprint density at radius 2 is 1.85 bits per heavy atom. The van der Waals surface area contributed by atoms with Crippen molar-refractivity contribution < 1.29 is 0 Å². The largest absolute Gasteiger partial charge is 0.357 e. The molecule has 1 unspecified atom stereocenters. The van der Waals surface area contributed by atoms with Gasteiger partial charge in [-0.2, -0.15) is 0 Å². The monoisotopic (exact) mass is 479 g/mol. The van der Waals surface area contributed by atoms with E-state index in [9.17, 15) is 0 Å². The van der Waals surface area contributed by atoms with Gasteiger partial charge in [-0.25, -0.2) is 0 Å². The average molecular weight is 479 g/mol. The van der Waals surface area contributed by atoms with Crippen LogP contribution in [0.3, 0.4) is 0 Å². The maximum atomic E-state index is 4.83. The maximum absolute atomic E-state index is 4.83. The summed E-state index contributed by atoms with van der Waals surface area (Å²) in [6.07, 6.45) is 7.73. The van der Waals surface area contributed by atoms with Crippen molar-refractivity contribution in [3.63, 3.8) is 0 Å². The first-order valence-corrected chi connectivity index (χ1v) is 10.6. The summed E-state index contributed by atoms with van der Waals surface area (Å²) in [4.78, 5) is 10.0. The van der Waals surface area contributed by atoms with Crippen LogP contribution in [0.1, 0.15) is 66.2 Å². The van der Waals surface area contributed by atoms with Crippen molar-refractivity contribution in [2.75, 3.05) is 39.3 Å². The van der Waals surface area contributed by atoms with Crippen LogP contribution in [0, 0.1) is 0 Å².